The molecule has 0 aliphatic carbocycles. The molecule has 3 heterocycles. The molecule has 0 saturated carbocycles. The zero-order chi connectivity index (χ0) is 16.1. The third-order valence-electron chi connectivity index (χ3n) is 4.88. The third kappa shape index (κ3) is 2.29. The van der Waals surface area contributed by atoms with Crippen molar-refractivity contribution in [2.75, 3.05) is 36.5 Å². The van der Waals surface area contributed by atoms with E-state index in [9.17, 15) is 9.59 Å². The number of benzene rings is 1. The zero-order valence-corrected chi connectivity index (χ0v) is 14.4. The lowest BCUT2D eigenvalue weighted by molar-refractivity contribution is -0.115. The van der Waals surface area contributed by atoms with Gasteiger partial charge in [0.1, 0.15) is 0 Å². The Morgan fingerprint density at radius 1 is 1.48 bits per heavy atom. The fraction of sp³-hybridized carbons (Fsp3) is 0.500. The molecule has 23 heavy (non-hydrogen) atoms. The van der Waals surface area contributed by atoms with E-state index in [0.717, 1.165) is 22.3 Å². The molecule has 7 heteroatoms. The van der Waals surface area contributed by atoms with Crippen molar-refractivity contribution in [2.24, 2.45) is 0 Å². The van der Waals surface area contributed by atoms with Gasteiger partial charge in [-0.05, 0) is 31.0 Å². The molecule has 0 spiro atoms. The first-order chi connectivity index (χ1) is 11.1. The van der Waals surface area contributed by atoms with Crippen LogP contribution in [0, 0.1) is 0 Å². The van der Waals surface area contributed by atoms with Crippen LogP contribution < -0.4 is 10.2 Å². The Hall–Kier alpha value is -1.76. The number of piperidine rings is 1. The van der Waals surface area contributed by atoms with E-state index in [-0.39, 0.29) is 24.0 Å². The summed E-state index contributed by atoms with van der Waals surface area (Å²) in [7, 11) is 0. The topological polar surface area (TPSA) is 61.9 Å². The predicted octanol–water partition coefficient (Wildman–Crippen LogP) is 2.54. The van der Waals surface area contributed by atoms with E-state index >= 15 is 0 Å². The van der Waals surface area contributed by atoms with Crippen LogP contribution in [0.5, 0.6) is 0 Å². The van der Waals surface area contributed by atoms with Crippen LogP contribution in [0.2, 0.25) is 0 Å². The van der Waals surface area contributed by atoms with Crippen LogP contribution in [-0.2, 0) is 9.53 Å². The molecule has 6 nitrogen and oxygen atoms in total. The summed E-state index contributed by atoms with van der Waals surface area (Å²) in [6.07, 6.45) is 0.605. The molecule has 3 aliphatic heterocycles. The molecular weight excluding hydrogens is 362 g/mol. The normalized spacial score (nSPS) is 24.9. The van der Waals surface area contributed by atoms with Crippen molar-refractivity contribution in [3.8, 4) is 0 Å². The molecular formula is C16H18BrN3O3. The summed E-state index contributed by atoms with van der Waals surface area (Å²) in [4.78, 5) is 28.1. The van der Waals surface area contributed by atoms with E-state index in [1.54, 1.807) is 4.90 Å². The van der Waals surface area contributed by atoms with Crippen LogP contribution in [-0.4, -0.2) is 49.2 Å². The summed E-state index contributed by atoms with van der Waals surface area (Å²) in [6.45, 7) is 3.91. The number of amides is 2. The number of anilines is 2. The lowest BCUT2D eigenvalue weighted by Crippen LogP contribution is -2.50. The molecule has 1 aromatic rings. The van der Waals surface area contributed by atoms with Gasteiger partial charge in [-0.25, -0.2) is 4.79 Å². The first-order valence-electron chi connectivity index (χ1n) is 7.90. The minimum atomic E-state index is -0.245. The number of nitrogens with zero attached hydrogens (tertiary/aromatic N) is 2. The van der Waals surface area contributed by atoms with Gasteiger partial charge in [-0.1, -0.05) is 15.9 Å². The van der Waals surface area contributed by atoms with Crippen LogP contribution in [0.25, 0.3) is 0 Å². The summed E-state index contributed by atoms with van der Waals surface area (Å²) in [5.74, 6) is 0.238. The lowest BCUT2D eigenvalue weighted by atomic mass is 9.89. The molecule has 0 aromatic heterocycles. The molecule has 2 amide bonds. The second kappa shape index (κ2) is 5.40. The molecule has 122 valence electrons. The van der Waals surface area contributed by atoms with E-state index < -0.39 is 0 Å². The first-order valence-corrected chi connectivity index (χ1v) is 8.69. The lowest BCUT2D eigenvalue weighted by Gasteiger charge is -2.39. The standard InChI is InChI=1S/C16H18BrN3O3/c1-2-23-16(22)19-4-3-13-11(7-19)10-5-9(17)6-12-15(10)20(13)8-14(21)18-12/h5-6,11,13H,2-4,7-8H2,1H3,(H,18,21). The van der Waals surface area contributed by atoms with Crippen LogP contribution in [0.15, 0.2) is 16.6 Å². The maximum Gasteiger partial charge on any atom is 0.409 e. The number of likely N-dealkylation sites (tertiary alicyclic amines) is 1. The van der Waals surface area contributed by atoms with Crippen molar-refractivity contribution in [3.63, 3.8) is 0 Å². The van der Waals surface area contributed by atoms with E-state index in [1.807, 2.05) is 13.0 Å². The molecule has 0 bridgehead atoms. The summed E-state index contributed by atoms with van der Waals surface area (Å²) in [5.41, 5.74) is 3.18. The minimum Gasteiger partial charge on any atom is -0.450 e. The van der Waals surface area contributed by atoms with Gasteiger partial charge in [0, 0.05) is 29.5 Å². The van der Waals surface area contributed by atoms with Crippen molar-refractivity contribution in [1.29, 1.82) is 0 Å². The quantitative estimate of drug-likeness (QED) is 0.814. The van der Waals surface area contributed by atoms with Gasteiger partial charge in [0.2, 0.25) is 5.91 Å². The highest BCUT2D eigenvalue weighted by Gasteiger charge is 2.46. The summed E-state index contributed by atoms with van der Waals surface area (Å²) in [6, 6.07) is 4.33. The Labute approximate surface area is 142 Å². The van der Waals surface area contributed by atoms with Gasteiger partial charge in [0.25, 0.3) is 0 Å². The molecule has 1 N–H and O–H groups in total. The molecule has 2 atom stereocenters. The Balaban J connectivity index is 1.70. The van der Waals surface area contributed by atoms with Crippen LogP contribution in [0.4, 0.5) is 16.2 Å². The number of hydrogen-bond acceptors (Lipinski definition) is 4. The molecule has 0 radical (unpaired) electrons. The molecule has 3 aliphatic rings. The number of nitrogens with one attached hydrogen (secondary N) is 1. The maximum atomic E-state index is 12.1. The fourth-order valence-corrected chi connectivity index (χ4v) is 4.50. The third-order valence-corrected chi connectivity index (χ3v) is 5.34. The molecule has 4 rings (SSSR count). The Kier molecular flexibility index (Phi) is 3.48. The van der Waals surface area contributed by atoms with E-state index in [4.69, 9.17) is 4.74 Å². The Morgan fingerprint density at radius 3 is 3.09 bits per heavy atom. The van der Waals surface area contributed by atoms with Crippen LogP contribution in [0.3, 0.4) is 0 Å². The average molecular weight is 380 g/mol. The number of carbonyl (C=O) groups excluding carboxylic acids is 2. The predicted molar refractivity (Wildman–Crippen MR) is 89.9 cm³/mol. The highest BCUT2D eigenvalue weighted by Crippen LogP contribution is 2.50. The SMILES string of the molecule is CCOC(=O)N1CCC2C(C1)c1cc(Br)cc3c1N2CC(=O)N3. The summed E-state index contributed by atoms with van der Waals surface area (Å²) >= 11 is 3.53. The maximum absolute atomic E-state index is 12.1. The van der Waals surface area contributed by atoms with Gasteiger partial charge in [-0.3, -0.25) is 4.79 Å². The van der Waals surface area contributed by atoms with Gasteiger partial charge in [-0.15, -0.1) is 0 Å². The largest absolute Gasteiger partial charge is 0.450 e. The van der Waals surface area contributed by atoms with Gasteiger partial charge >= 0.3 is 6.09 Å². The van der Waals surface area contributed by atoms with Crippen LogP contribution in [0.1, 0.15) is 24.8 Å². The average Bonchev–Trinajstić information content (AvgIpc) is 2.81. The summed E-state index contributed by atoms with van der Waals surface area (Å²) < 4.78 is 6.09. The first kappa shape index (κ1) is 14.8. The number of halogens is 1. The Morgan fingerprint density at radius 2 is 2.30 bits per heavy atom. The number of fused-ring (bicyclic) bond motifs is 3. The molecule has 1 saturated heterocycles. The van der Waals surface area contributed by atoms with Crippen molar-refractivity contribution in [3.05, 3.63) is 22.2 Å². The van der Waals surface area contributed by atoms with Crippen molar-refractivity contribution in [1.82, 2.24) is 4.90 Å². The highest BCUT2D eigenvalue weighted by molar-refractivity contribution is 9.10. The Bertz CT molecular complexity index is 693. The van der Waals surface area contributed by atoms with E-state index in [2.05, 4.69) is 32.2 Å². The number of carbonyl (C=O) groups is 2. The number of hydrogen-bond donors (Lipinski definition) is 1. The second-order valence-corrected chi connectivity index (χ2v) is 7.09. The zero-order valence-electron chi connectivity index (χ0n) is 12.8. The number of rotatable bonds is 1. The van der Waals surface area contributed by atoms with Crippen molar-refractivity contribution >= 4 is 39.3 Å². The second-order valence-electron chi connectivity index (χ2n) is 6.17. The van der Waals surface area contributed by atoms with Gasteiger partial charge < -0.3 is 19.9 Å². The molecule has 2 unspecified atom stereocenters. The van der Waals surface area contributed by atoms with Crippen molar-refractivity contribution in [2.45, 2.75) is 25.3 Å². The fourth-order valence-electron chi connectivity index (χ4n) is 4.02. The van der Waals surface area contributed by atoms with E-state index in [1.165, 1.54) is 5.56 Å². The van der Waals surface area contributed by atoms with Gasteiger partial charge in [0.05, 0.1) is 24.5 Å². The van der Waals surface area contributed by atoms with Gasteiger partial charge in [0.15, 0.2) is 0 Å². The monoisotopic (exact) mass is 379 g/mol. The van der Waals surface area contributed by atoms with Crippen LogP contribution >= 0.6 is 15.9 Å². The molecule has 1 aromatic carbocycles. The summed E-state index contributed by atoms with van der Waals surface area (Å²) in [5, 5.41) is 2.96. The smallest absolute Gasteiger partial charge is 0.409 e. The van der Waals surface area contributed by atoms with Gasteiger partial charge in [-0.2, -0.15) is 0 Å². The highest BCUT2D eigenvalue weighted by atomic mass is 79.9. The molecule has 1 fully saturated rings. The van der Waals surface area contributed by atoms with E-state index in [0.29, 0.717) is 26.2 Å². The van der Waals surface area contributed by atoms with Crippen molar-refractivity contribution < 1.29 is 14.3 Å². The number of ether oxygens (including phenoxy) is 1. The minimum absolute atomic E-state index is 0.0232.